The van der Waals surface area contributed by atoms with E-state index in [2.05, 4.69) is 31.0 Å². The van der Waals surface area contributed by atoms with E-state index in [0.717, 1.165) is 52.4 Å². The highest BCUT2D eigenvalue weighted by atomic mass is 16.5. The van der Waals surface area contributed by atoms with Gasteiger partial charge >= 0.3 is 0 Å². The first kappa shape index (κ1) is 18.5. The van der Waals surface area contributed by atoms with Gasteiger partial charge in [-0.3, -0.25) is 4.79 Å². The van der Waals surface area contributed by atoms with Gasteiger partial charge < -0.3 is 14.6 Å². The van der Waals surface area contributed by atoms with E-state index < -0.39 is 5.41 Å². The molecule has 5 nitrogen and oxygen atoms in total. The molecule has 1 N–H and O–H groups in total. The molecular weight excluding hydrogens is 350 g/mol. The van der Waals surface area contributed by atoms with Crippen molar-refractivity contribution in [1.29, 1.82) is 0 Å². The van der Waals surface area contributed by atoms with Crippen LogP contribution in [0.2, 0.25) is 0 Å². The summed E-state index contributed by atoms with van der Waals surface area (Å²) >= 11 is 0. The second-order valence-electron chi connectivity index (χ2n) is 8.46. The van der Waals surface area contributed by atoms with Gasteiger partial charge in [-0.05, 0) is 68.1 Å². The van der Waals surface area contributed by atoms with Crippen LogP contribution in [0.3, 0.4) is 0 Å². The van der Waals surface area contributed by atoms with Gasteiger partial charge in [-0.25, -0.2) is 4.98 Å². The predicted octanol–water partition coefficient (Wildman–Crippen LogP) is 4.91. The number of carbonyl (C=O) groups is 1. The Morgan fingerprint density at radius 1 is 1.18 bits per heavy atom. The molecule has 5 heteroatoms. The molecule has 146 valence electrons. The molecule has 0 radical (unpaired) electrons. The van der Waals surface area contributed by atoms with Crippen LogP contribution in [0.4, 0.5) is 5.69 Å². The van der Waals surface area contributed by atoms with Crippen molar-refractivity contribution >= 4 is 22.6 Å². The van der Waals surface area contributed by atoms with Gasteiger partial charge in [-0.2, -0.15) is 0 Å². The monoisotopic (exact) mass is 377 g/mol. The molecule has 0 unspecified atom stereocenters. The maximum Gasteiger partial charge on any atom is 0.237 e. The number of nitrogens with zero attached hydrogens (tertiary/aromatic N) is 2. The van der Waals surface area contributed by atoms with E-state index in [1.54, 1.807) is 7.11 Å². The van der Waals surface area contributed by atoms with Gasteiger partial charge in [-0.15, -0.1) is 0 Å². The summed E-state index contributed by atoms with van der Waals surface area (Å²) in [7, 11) is 1.66. The predicted molar refractivity (Wildman–Crippen MR) is 113 cm³/mol. The van der Waals surface area contributed by atoms with Crippen LogP contribution in [-0.2, 0) is 10.2 Å². The van der Waals surface area contributed by atoms with E-state index in [9.17, 15) is 4.79 Å². The molecule has 2 heterocycles. The molecule has 1 aliphatic heterocycles. The zero-order valence-corrected chi connectivity index (χ0v) is 17.2. The number of aromatic amines is 1. The fraction of sp³-hybridized carbons (Fsp3) is 0.391. The van der Waals surface area contributed by atoms with E-state index in [4.69, 9.17) is 9.72 Å². The summed E-state index contributed by atoms with van der Waals surface area (Å²) in [6.45, 7) is 9.13. The highest BCUT2D eigenvalue weighted by Crippen LogP contribution is 2.43. The maximum absolute atomic E-state index is 13.0. The Hall–Kier alpha value is -2.82. The van der Waals surface area contributed by atoms with Gasteiger partial charge in [0.1, 0.15) is 11.6 Å². The van der Waals surface area contributed by atoms with Gasteiger partial charge in [0.05, 0.1) is 29.2 Å². The first-order valence-electron chi connectivity index (χ1n) is 9.82. The number of aromatic nitrogens is 2. The molecule has 4 rings (SSSR count). The summed E-state index contributed by atoms with van der Waals surface area (Å²) in [5.74, 6) is 2.36. The van der Waals surface area contributed by atoms with E-state index in [0.29, 0.717) is 5.92 Å². The number of methoxy groups -OCH3 is 1. The number of nitrogens with one attached hydrogen (secondary N) is 1. The molecule has 0 bridgehead atoms. The summed E-state index contributed by atoms with van der Waals surface area (Å²) < 4.78 is 5.23. The van der Waals surface area contributed by atoms with Crippen molar-refractivity contribution in [3.63, 3.8) is 0 Å². The SMILES string of the molecule is COc1ccc(-c2nc3cc4c(cc3[nH]2)C(C)(C)C(=O)N4CCC(C)C)cc1. The van der Waals surface area contributed by atoms with Crippen LogP contribution in [0.1, 0.15) is 39.7 Å². The highest BCUT2D eigenvalue weighted by molar-refractivity contribution is 6.09. The largest absolute Gasteiger partial charge is 0.497 e. The Kier molecular flexibility index (Phi) is 4.41. The number of carbonyl (C=O) groups excluding carboxylic acids is 1. The second kappa shape index (κ2) is 6.66. The molecule has 1 aliphatic rings. The zero-order valence-electron chi connectivity index (χ0n) is 17.2. The number of imidazole rings is 1. The van der Waals surface area contributed by atoms with Gasteiger partial charge in [0.15, 0.2) is 0 Å². The lowest BCUT2D eigenvalue weighted by molar-refractivity contribution is -0.122. The lowest BCUT2D eigenvalue weighted by atomic mass is 9.86. The van der Waals surface area contributed by atoms with Gasteiger partial charge in [0.2, 0.25) is 5.91 Å². The topological polar surface area (TPSA) is 58.2 Å². The Balaban J connectivity index is 1.77. The minimum Gasteiger partial charge on any atom is -0.497 e. The number of hydrogen-bond acceptors (Lipinski definition) is 3. The summed E-state index contributed by atoms with van der Waals surface area (Å²) in [6, 6.07) is 12.0. The molecule has 0 saturated carbocycles. The van der Waals surface area contributed by atoms with Crippen molar-refractivity contribution in [2.24, 2.45) is 5.92 Å². The molecule has 3 aromatic rings. The average molecular weight is 377 g/mol. The van der Waals surface area contributed by atoms with E-state index in [1.165, 1.54) is 0 Å². The van der Waals surface area contributed by atoms with Gasteiger partial charge in [0, 0.05) is 12.1 Å². The first-order chi connectivity index (χ1) is 13.3. The zero-order chi connectivity index (χ0) is 20.1. The van der Waals surface area contributed by atoms with E-state index in [1.807, 2.05) is 43.0 Å². The summed E-state index contributed by atoms with van der Waals surface area (Å²) in [5, 5.41) is 0. The summed E-state index contributed by atoms with van der Waals surface area (Å²) in [4.78, 5) is 23.2. The number of rotatable bonds is 5. The Bertz CT molecular complexity index is 1030. The fourth-order valence-corrected chi connectivity index (χ4v) is 3.83. The molecular formula is C23H27N3O2. The van der Waals surface area contributed by atoms with Crippen LogP contribution < -0.4 is 9.64 Å². The van der Waals surface area contributed by atoms with Crippen molar-refractivity contribution < 1.29 is 9.53 Å². The van der Waals surface area contributed by atoms with E-state index >= 15 is 0 Å². The van der Waals surface area contributed by atoms with Gasteiger partial charge in [0.25, 0.3) is 0 Å². The van der Waals surface area contributed by atoms with E-state index in [-0.39, 0.29) is 5.91 Å². The summed E-state index contributed by atoms with van der Waals surface area (Å²) in [6.07, 6.45) is 0.983. The molecule has 2 aromatic carbocycles. The quantitative estimate of drug-likeness (QED) is 0.687. The van der Waals surface area contributed by atoms with Crippen molar-refractivity contribution in [3.05, 3.63) is 42.0 Å². The molecule has 0 aliphatic carbocycles. The molecule has 1 aromatic heterocycles. The Morgan fingerprint density at radius 2 is 1.89 bits per heavy atom. The molecule has 0 fully saturated rings. The lowest BCUT2D eigenvalue weighted by Gasteiger charge is -2.21. The fourth-order valence-electron chi connectivity index (χ4n) is 3.83. The third-order valence-corrected chi connectivity index (χ3v) is 5.64. The molecule has 0 saturated heterocycles. The smallest absolute Gasteiger partial charge is 0.237 e. The first-order valence-corrected chi connectivity index (χ1v) is 9.82. The van der Waals surface area contributed by atoms with Crippen molar-refractivity contribution in [2.45, 2.75) is 39.5 Å². The van der Waals surface area contributed by atoms with Crippen molar-refractivity contribution in [3.8, 4) is 17.1 Å². The molecule has 28 heavy (non-hydrogen) atoms. The third-order valence-electron chi connectivity index (χ3n) is 5.64. The van der Waals surface area contributed by atoms with Crippen LogP contribution in [0.15, 0.2) is 36.4 Å². The van der Waals surface area contributed by atoms with Gasteiger partial charge in [-0.1, -0.05) is 13.8 Å². The normalized spacial score (nSPS) is 15.5. The van der Waals surface area contributed by atoms with Crippen LogP contribution in [0.5, 0.6) is 5.75 Å². The third kappa shape index (κ3) is 2.95. The Morgan fingerprint density at radius 3 is 2.54 bits per heavy atom. The van der Waals surface area contributed by atoms with Crippen molar-refractivity contribution in [1.82, 2.24) is 9.97 Å². The molecule has 0 atom stereocenters. The minimum atomic E-state index is -0.522. The number of fused-ring (bicyclic) bond motifs is 2. The van der Waals surface area contributed by atoms with Crippen LogP contribution in [-0.4, -0.2) is 29.5 Å². The molecule has 1 amide bonds. The number of H-pyrrole nitrogens is 1. The Labute approximate surface area is 165 Å². The lowest BCUT2D eigenvalue weighted by Crippen LogP contribution is -2.37. The van der Waals surface area contributed by atoms with Crippen molar-refractivity contribution in [2.75, 3.05) is 18.6 Å². The number of amides is 1. The highest BCUT2D eigenvalue weighted by Gasteiger charge is 2.44. The average Bonchev–Trinajstić information content (AvgIpc) is 3.16. The van der Waals surface area contributed by atoms with Crippen LogP contribution in [0.25, 0.3) is 22.4 Å². The molecule has 0 spiro atoms. The summed E-state index contributed by atoms with van der Waals surface area (Å²) in [5.41, 5.74) is 4.38. The number of ether oxygens (including phenoxy) is 1. The number of anilines is 1. The van der Waals surface area contributed by atoms with Crippen LogP contribution >= 0.6 is 0 Å². The van der Waals surface area contributed by atoms with Crippen LogP contribution in [0, 0.1) is 5.92 Å². The maximum atomic E-state index is 13.0. The number of benzene rings is 2. The second-order valence-corrected chi connectivity index (χ2v) is 8.46. The number of hydrogen-bond donors (Lipinski definition) is 1. The standard InChI is InChI=1S/C23H27N3O2/c1-14(2)10-11-26-20-13-19-18(12-17(20)23(3,4)22(26)27)24-21(25-19)15-6-8-16(28-5)9-7-15/h6-9,12-14H,10-11H2,1-5H3,(H,24,25). The minimum absolute atomic E-state index is 0.172.